The van der Waals surface area contributed by atoms with E-state index in [4.69, 9.17) is 42.1 Å². The quantitative estimate of drug-likeness (QED) is 0.267. The van der Waals surface area contributed by atoms with Gasteiger partial charge in [0.2, 0.25) is 0 Å². The van der Waals surface area contributed by atoms with Gasteiger partial charge in [-0.15, -0.1) is 5.10 Å². The van der Waals surface area contributed by atoms with E-state index in [1.165, 1.54) is 43.9 Å². The normalized spacial score (nSPS) is 22.4. The highest BCUT2D eigenvalue weighted by molar-refractivity contribution is 7.99. The summed E-state index contributed by atoms with van der Waals surface area (Å²) in [5.74, 6) is -2.47. The van der Waals surface area contributed by atoms with Crippen LogP contribution in [0.5, 0.6) is 0 Å². The van der Waals surface area contributed by atoms with Crippen LogP contribution in [0.2, 0.25) is 10.0 Å². The zero-order valence-electron chi connectivity index (χ0n) is 21.3. The van der Waals surface area contributed by atoms with E-state index in [-0.39, 0.29) is 12.3 Å². The first kappa shape index (κ1) is 29.7. The Kier molecular flexibility index (Phi) is 9.61. The molecule has 11 nitrogen and oxygen atoms in total. The minimum Gasteiger partial charge on any atom is -0.463 e. The van der Waals surface area contributed by atoms with Crippen molar-refractivity contribution >= 4 is 52.9 Å². The van der Waals surface area contributed by atoms with E-state index in [1.54, 1.807) is 18.2 Å². The van der Waals surface area contributed by atoms with E-state index in [0.29, 0.717) is 20.5 Å². The first-order valence-corrected chi connectivity index (χ1v) is 13.4. The van der Waals surface area contributed by atoms with Crippen molar-refractivity contribution in [2.45, 2.75) is 55.5 Å². The highest BCUT2D eigenvalue weighted by Crippen LogP contribution is 2.42. The fraction of sp³-hybridized carbons (Fsp3) is 0.360. The fourth-order valence-corrected chi connectivity index (χ4v) is 5.58. The summed E-state index contributed by atoms with van der Waals surface area (Å²) >= 11 is 13.4. The van der Waals surface area contributed by atoms with Crippen molar-refractivity contribution in [1.29, 1.82) is 0 Å². The van der Waals surface area contributed by atoms with E-state index in [0.717, 1.165) is 18.0 Å². The number of esters is 3. The summed E-state index contributed by atoms with van der Waals surface area (Å²) in [5.41, 5.74) is -0.335. The highest BCUT2D eigenvalue weighted by Gasteiger charge is 2.52. The number of ether oxygens (including phenoxy) is 4. The molecule has 5 atom stereocenters. The zero-order valence-corrected chi connectivity index (χ0v) is 23.7. The van der Waals surface area contributed by atoms with Crippen LogP contribution in [-0.4, -0.2) is 68.2 Å². The average Bonchev–Trinajstić information content (AvgIpc) is 3.36. The molecule has 1 saturated heterocycles. The second-order valence-electron chi connectivity index (χ2n) is 8.65. The Morgan fingerprint density at radius 1 is 1.02 bits per heavy atom. The molecule has 0 amide bonds. The first-order chi connectivity index (χ1) is 19.0. The molecule has 212 valence electrons. The third kappa shape index (κ3) is 7.27. The maximum Gasteiger partial charge on any atom is 0.303 e. The van der Waals surface area contributed by atoms with Gasteiger partial charge < -0.3 is 18.9 Å². The topological polar surface area (TPSA) is 132 Å². The van der Waals surface area contributed by atoms with E-state index >= 15 is 0 Å². The second-order valence-corrected chi connectivity index (χ2v) is 10.6. The van der Waals surface area contributed by atoms with E-state index in [9.17, 15) is 18.8 Å². The number of thioether (sulfide) groups is 1. The molecule has 1 aliphatic rings. The number of nitrogens with zero attached hydrogens (tertiary/aromatic N) is 4. The van der Waals surface area contributed by atoms with Crippen LogP contribution >= 0.6 is 35.0 Å². The molecule has 1 fully saturated rings. The van der Waals surface area contributed by atoms with Gasteiger partial charge >= 0.3 is 17.9 Å². The molecule has 0 radical (unpaired) electrons. The molecular weight excluding hydrogens is 590 g/mol. The summed E-state index contributed by atoms with van der Waals surface area (Å²) in [6.45, 7) is 3.35. The van der Waals surface area contributed by atoms with Gasteiger partial charge in [0, 0.05) is 37.4 Å². The maximum atomic E-state index is 13.8. The molecule has 0 N–H and O–H groups in total. The molecule has 0 saturated carbocycles. The standard InChI is InChI=1S/C25H23Cl2FN4O7S/c1-12(33)36-11-21-23(37-13(2)34)22(32-10-20(30-31-32)15-6-16(28)9-29-8-15)24(38-14(3)35)25(39-21)40-17-4-5-18(26)19(27)7-17/h4-10,21-25H,11H2,1-3H3/t21?,22?,23-,24?,25+/m0/s1. The molecule has 2 aromatic heterocycles. The van der Waals surface area contributed by atoms with Gasteiger partial charge in [-0.2, -0.15) is 0 Å². The number of carbonyl (C=O) groups excluding carboxylic acids is 3. The highest BCUT2D eigenvalue weighted by atomic mass is 35.5. The third-order valence-corrected chi connectivity index (χ3v) is 7.51. The van der Waals surface area contributed by atoms with Gasteiger partial charge in [0.15, 0.2) is 12.2 Å². The molecule has 4 rings (SSSR count). The number of carbonyl (C=O) groups is 3. The fourth-order valence-electron chi connectivity index (χ4n) is 4.07. The Morgan fingerprint density at radius 3 is 2.40 bits per heavy atom. The smallest absolute Gasteiger partial charge is 0.303 e. The van der Waals surface area contributed by atoms with Crippen LogP contribution < -0.4 is 0 Å². The average molecular weight is 613 g/mol. The van der Waals surface area contributed by atoms with E-state index in [2.05, 4.69) is 15.3 Å². The minimum absolute atomic E-state index is 0.256. The Balaban J connectivity index is 1.80. The maximum absolute atomic E-state index is 13.8. The Hall–Kier alpha value is -3.26. The number of hydrogen-bond donors (Lipinski definition) is 0. The Bertz CT molecular complexity index is 1410. The largest absolute Gasteiger partial charge is 0.463 e. The monoisotopic (exact) mass is 612 g/mol. The molecule has 1 aromatic carbocycles. The molecule has 3 heterocycles. The van der Waals surface area contributed by atoms with Crippen LogP contribution in [0.25, 0.3) is 11.3 Å². The van der Waals surface area contributed by atoms with Crippen molar-refractivity contribution in [2.75, 3.05) is 6.61 Å². The van der Waals surface area contributed by atoms with Crippen LogP contribution in [0.15, 0.2) is 47.8 Å². The molecule has 3 unspecified atom stereocenters. The van der Waals surface area contributed by atoms with Gasteiger partial charge in [0.1, 0.15) is 35.7 Å². The van der Waals surface area contributed by atoms with Crippen molar-refractivity contribution in [3.05, 3.63) is 58.7 Å². The molecule has 40 heavy (non-hydrogen) atoms. The first-order valence-electron chi connectivity index (χ1n) is 11.8. The molecule has 1 aliphatic heterocycles. The Morgan fingerprint density at radius 2 is 1.75 bits per heavy atom. The van der Waals surface area contributed by atoms with Crippen molar-refractivity contribution in [3.8, 4) is 11.3 Å². The van der Waals surface area contributed by atoms with Gasteiger partial charge in [-0.25, -0.2) is 9.07 Å². The summed E-state index contributed by atoms with van der Waals surface area (Å²) in [6.07, 6.45) is 0.671. The molecule has 15 heteroatoms. The van der Waals surface area contributed by atoms with Crippen molar-refractivity contribution in [1.82, 2.24) is 20.0 Å². The van der Waals surface area contributed by atoms with E-state index in [1.807, 2.05) is 0 Å². The lowest BCUT2D eigenvalue weighted by molar-refractivity contribution is -0.212. The molecular formula is C25H23Cl2FN4O7S. The van der Waals surface area contributed by atoms with Crippen molar-refractivity contribution in [3.63, 3.8) is 0 Å². The minimum atomic E-state index is -1.15. The summed E-state index contributed by atoms with van der Waals surface area (Å²) < 4.78 is 37.9. The van der Waals surface area contributed by atoms with Crippen LogP contribution in [0.4, 0.5) is 4.39 Å². The molecule has 3 aromatic rings. The van der Waals surface area contributed by atoms with Crippen LogP contribution in [-0.2, 0) is 33.3 Å². The lowest BCUT2D eigenvalue weighted by Crippen LogP contribution is -2.57. The summed E-state index contributed by atoms with van der Waals surface area (Å²) in [6, 6.07) is 5.13. The van der Waals surface area contributed by atoms with Gasteiger partial charge in [-0.1, -0.05) is 40.2 Å². The summed E-state index contributed by atoms with van der Waals surface area (Å²) in [5, 5.41) is 8.94. The number of aromatic nitrogens is 4. The van der Waals surface area contributed by atoms with Gasteiger partial charge in [0.25, 0.3) is 0 Å². The second kappa shape index (κ2) is 12.9. The SMILES string of the molecule is CC(=O)OCC1O[C@H](Sc2ccc(Cl)c(Cl)c2)C(OC(C)=O)C(n2cc(-c3cncc(F)c3)nn2)[C@H]1OC(C)=O. The number of halogens is 3. The number of hydrogen-bond acceptors (Lipinski definition) is 11. The molecule has 0 aliphatic carbocycles. The van der Waals surface area contributed by atoms with Crippen LogP contribution in [0.3, 0.4) is 0 Å². The van der Waals surface area contributed by atoms with E-state index < -0.39 is 53.5 Å². The van der Waals surface area contributed by atoms with Crippen molar-refractivity contribution in [2.24, 2.45) is 0 Å². The van der Waals surface area contributed by atoms with Gasteiger partial charge in [0.05, 0.1) is 22.4 Å². The predicted octanol–water partition coefficient (Wildman–Crippen LogP) is 4.27. The number of benzene rings is 1. The Labute approximate surface area is 242 Å². The lowest BCUT2D eigenvalue weighted by Gasteiger charge is -2.44. The molecule has 0 bridgehead atoms. The van der Waals surface area contributed by atoms with Crippen LogP contribution in [0, 0.1) is 5.82 Å². The predicted molar refractivity (Wildman–Crippen MR) is 141 cm³/mol. The number of pyridine rings is 1. The third-order valence-electron chi connectivity index (χ3n) is 5.63. The van der Waals surface area contributed by atoms with Crippen LogP contribution in [0.1, 0.15) is 26.8 Å². The number of rotatable bonds is 8. The van der Waals surface area contributed by atoms with Gasteiger partial charge in [-0.05, 0) is 24.3 Å². The van der Waals surface area contributed by atoms with Gasteiger partial charge in [-0.3, -0.25) is 19.4 Å². The molecule has 0 spiro atoms. The lowest BCUT2D eigenvalue weighted by atomic mass is 9.96. The summed E-state index contributed by atoms with van der Waals surface area (Å²) in [4.78, 5) is 40.6. The van der Waals surface area contributed by atoms with Crippen molar-refractivity contribution < 1.29 is 37.7 Å². The summed E-state index contributed by atoms with van der Waals surface area (Å²) in [7, 11) is 0. The zero-order chi connectivity index (χ0) is 29.0.